The van der Waals surface area contributed by atoms with Crippen LogP contribution in [0.3, 0.4) is 0 Å². The van der Waals surface area contributed by atoms with Crippen LogP contribution >= 0.6 is 0 Å². The van der Waals surface area contributed by atoms with Gasteiger partial charge in [0.15, 0.2) is 9.84 Å². The highest BCUT2D eigenvalue weighted by Gasteiger charge is 2.21. The summed E-state index contributed by atoms with van der Waals surface area (Å²) in [4.78, 5) is 24.5. The highest BCUT2D eigenvalue weighted by atomic mass is 32.2. The van der Waals surface area contributed by atoms with Crippen molar-refractivity contribution >= 4 is 21.8 Å². The number of rotatable bonds is 7. The van der Waals surface area contributed by atoms with E-state index in [-0.39, 0.29) is 23.0 Å². The Labute approximate surface area is 161 Å². The third-order valence-electron chi connectivity index (χ3n) is 3.51. The van der Waals surface area contributed by atoms with E-state index in [0.29, 0.717) is 12.3 Å². The van der Waals surface area contributed by atoms with Crippen molar-refractivity contribution in [2.75, 3.05) is 12.8 Å². The van der Waals surface area contributed by atoms with Crippen molar-refractivity contribution in [1.29, 1.82) is 0 Å². The van der Waals surface area contributed by atoms with Gasteiger partial charge in [0.25, 0.3) is 5.91 Å². The van der Waals surface area contributed by atoms with Gasteiger partial charge in [0, 0.05) is 24.4 Å². The van der Waals surface area contributed by atoms with Gasteiger partial charge in [-0.2, -0.15) is 0 Å². The molecule has 0 radical (unpaired) electrons. The summed E-state index contributed by atoms with van der Waals surface area (Å²) in [6, 6.07) is 5.54. The lowest BCUT2D eigenvalue weighted by atomic mass is 10.0. The van der Waals surface area contributed by atoms with E-state index in [1.807, 2.05) is 13.8 Å². The van der Waals surface area contributed by atoms with Crippen LogP contribution in [0, 0.1) is 5.92 Å². The minimum atomic E-state index is -3.39. The number of hydrogen-bond donors (Lipinski definition) is 2. The van der Waals surface area contributed by atoms with E-state index in [9.17, 15) is 18.0 Å². The van der Waals surface area contributed by atoms with E-state index in [1.165, 1.54) is 18.2 Å². The highest BCUT2D eigenvalue weighted by Crippen LogP contribution is 2.12. The van der Waals surface area contributed by atoms with Crippen LogP contribution in [0.15, 0.2) is 29.2 Å². The zero-order chi connectivity index (χ0) is 20.8. The van der Waals surface area contributed by atoms with Crippen molar-refractivity contribution in [3.8, 4) is 0 Å². The first-order chi connectivity index (χ1) is 12.3. The average Bonchev–Trinajstić information content (AvgIpc) is 2.49. The zero-order valence-corrected chi connectivity index (χ0v) is 17.6. The maximum Gasteiger partial charge on any atom is 0.407 e. The Balaban J connectivity index is 2.77. The van der Waals surface area contributed by atoms with E-state index in [1.54, 1.807) is 26.8 Å². The van der Waals surface area contributed by atoms with Gasteiger partial charge >= 0.3 is 6.09 Å². The first-order valence-electron chi connectivity index (χ1n) is 8.86. The standard InChI is InChI=1S/C19H30N2O5S/c1-13(2)10-15(21-18(23)26-19(3,4)5)12-20-17(22)14-8-7-9-16(11-14)27(6,24)25/h7-9,11,13,15H,10,12H2,1-6H3,(H,20,22)(H,21,23)/t15-/m0/s1. The number of carbonyl (C=O) groups excluding carboxylic acids is 2. The van der Waals surface area contributed by atoms with Crippen LogP contribution in [-0.2, 0) is 14.6 Å². The molecule has 1 atom stereocenters. The van der Waals surface area contributed by atoms with Crippen molar-refractivity contribution in [2.24, 2.45) is 5.92 Å². The van der Waals surface area contributed by atoms with Crippen LogP contribution in [-0.4, -0.2) is 44.9 Å². The molecule has 0 saturated heterocycles. The Bertz CT molecular complexity index is 767. The molecule has 1 aromatic rings. The molecule has 2 amide bonds. The lowest BCUT2D eigenvalue weighted by Gasteiger charge is -2.25. The molecule has 27 heavy (non-hydrogen) atoms. The summed E-state index contributed by atoms with van der Waals surface area (Å²) in [5.74, 6) is -0.101. The molecular weight excluding hydrogens is 368 g/mol. The molecule has 1 aromatic carbocycles. The maximum absolute atomic E-state index is 12.4. The van der Waals surface area contributed by atoms with Crippen LogP contribution in [0.4, 0.5) is 4.79 Å². The molecule has 0 heterocycles. The molecule has 2 N–H and O–H groups in total. The first kappa shape index (κ1) is 23.0. The summed E-state index contributed by atoms with van der Waals surface area (Å²) in [5.41, 5.74) is -0.361. The molecule has 0 unspecified atom stereocenters. The number of amides is 2. The summed E-state index contributed by atoms with van der Waals surface area (Å²) in [6.07, 6.45) is 1.21. The second-order valence-electron chi connectivity index (χ2n) is 7.98. The molecule has 0 spiro atoms. The molecule has 0 saturated carbocycles. The van der Waals surface area contributed by atoms with E-state index in [4.69, 9.17) is 4.74 Å². The van der Waals surface area contributed by atoms with Gasteiger partial charge < -0.3 is 15.4 Å². The Morgan fingerprint density at radius 1 is 1.19 bits per heavy atom. The van der Waals surface area contributed by atoms with Gasteiger partial charge in [-0.3, -0.25) is 4.79 Å². The van der Waals surface area contributed by atoms with Crippen molar-refractivity contribution in [3.05, 3.63) is 29.8 Å². The summed E-state index contributed by atoms with van der Waals surface area (Å²) >= 11 is 0. The molecule has 152 valence electrons. The summed E-state index contributed by atoms with van der Waals surface area (Å²) in [7, 11) is -3.39. The van der Waals surface area contributed by atoms with E-state index >= 15 is 0 Å². The van der Waals surface area contributed by atoms with E-state index in [0.717, 1.165) is 6.26 Å². The molecule has 0 aliphatic heterocycles. The highest BCUT2D eigenvalue weighted by molar-refractivity contribution is 7.90. The fourth-order valence-corrected chi connectivity index (χ4v) is 3.09. The average molecular weight is 399 g/mol. The third-order valence-corrected chi connectivity index (χ3v) is 4.62. The smallest absolute Gasteiger partial charge is 0.407 e. The monoisotopic (exact) mass is 398 g/mol. The second-order valence-corrected chi connectivity index (χ2v) is 10.00. The van der Waals surface area contributed by atoms with Crippen LogP contribution in [0.25, 0.3) is 0 Å². The predicted octanol–water partition coefficient (Wildman–Crippen LogP) is 2.76. The van der Waals surface area contributed by atoms with Gasteiger partial charge in [0.2, 0.25) is 0 Å². The summed E-state index contributed by atoms with van der Waals surface area (Å²) in [6.45, 7) is 9.57. The largest absolute Gasteiger partial charge is 0.444 e. The fourth-order valence-electron chi connectivity index (χ4n) is 2.42. The molecule has 1 rings (SSSR count). The molecule has 0 aromatic heterocycles. The topological polar surface area (TPSA) is 102 Å². The second kappa shape index (κ2) is 9.21. The maximum atomic E-state index is 12.4. The number of sulfone groups is 1. The fraction of sp³-hybridized carbons (Fsp3) is 0.579. The third kappa shape index (κ3) is 8.90. The van der Waals surface area contributed by atoms with Gasteiger partial charge in [-0.25, -0.2) is 13.2 Å². The number of alkyl carbamates (subject to hydrolysis) is 1. The van der Waals surface area contributed by atoms with Gasteiger partial charge in [-0.1, -0.05) is 19.9 Å². The lowest BCUT2D eigenvalue weighted by Crippen LogP contribution is -2.46. The number of hydrogen-bond acceptors (Lipinski definition) is 5. The molecule has 8 heteroatoms. The number of ether oxygens (including phenoxy) is 1. The Morgan fingerprint density at radius 2 is 1.81 bits per heavy atom. The summed E-state index contributed by atoms with van der Waals surface area (Å²) in [5, 5.41) is 5.52. The van der Waals surface area contributed by atoms with Crippen LogP contribution < -0.4 is 10.6 Å². The van der Waals surface area contributed by atoms with Crippen LogP contribution in [0.2, 0.25) is 0 Å². The molecule has 0 fully saturated rings. The SMILES string of the molecule is CC(C)C[C@@H](CNC(=O)c1cccc(S(C)(=O)=O)c1)NC(=O)OC(C)(C)C. The molecule has 0 bridgehead atoms. The number of nitrogens with one attached hydrogen (secondary N) is 2. The predicted molar refractivity (Wildman–Crippen MR) is 104 cm³/mol. The van der Waals surface area contributed by atoms with E-state index in [2.05, 4.69) is 10.6 Å². The quantitative estimate of drug-likeness (QED) is 0.735. The molecule has 0 aliphatic carbocycles. The van der Waals surface area contributed by atoms with Gasteiger partial charge in [-0.15, -0.1) is 0 Å². The Kier molecular flexibility index (Phi) is 7.83. The van der Waals surface area contributed by atoms with Crippen molar-refractivity contribution in [3.63, 3.8) is 0 Å². The normalized spacial score (nSPS) is 13.1. The Hall–Kier alpha value is -2.09. The molecule has 7 nitrogen and oxygen atoms in total. The van der Waals surface area contributed by atoms with Gasteiger partial charge in [0.1, 0.15) is 5.60 Å². The lowest BCUT2D eigenvalue weighted by molar-refractivity contribution is 0.0496. The minimum Gasteiger partial charge on any atom is -0.444 e. The summed E-state index contributed by atoms with van der Waals surface area (Å²) < 4.78 is 28.5. The van der Waals surface area contributed by atoms with Gasteiger partial charge in [-0.05, 0) is 51.3 Å². The van der Waals surface area contributed by atoms with Crippen LogP contribution in [0.1, 0.15) is 51.4 Å². The number of carbonyl (C=O) groups is 2. The number of benzene rings is 1. The van der Waals surface area contributed by atoms with Crippen molar-refractivity contribution in [1.82, 2.24) is 10.6 Å². The Morgan fingerprint density at radius 3 is 2.33 bits per heavy atom. The zero-order valence-electron chi connectivity index (χ0n) is 16.8. The molecule has 0 aliphatic rings. The van der Waals surface area contributed by atoms with E-state index < -0.39 is 27.4 Å². The van der Waals surface area contributed by atoms with Gasteiger partial charge in [0.05, 0.1) is 4.90 Å². The minimum absolute atomic E-state index is 0.0840. The first-order valence-corrected chi connectivity index (χ1v) is 10.7. The molecular formula is C19H30N2O5S. The van der Waals surface area contributed by atoms with Crippen molar-refractivity contribution in [2.45, 2.75) is 57.6 Å². The van der Waals surface area contributed by atoms with Crippen molar-refractivity contribution < 1.29 is 22.7 Å². The van der Waals surface area contributed by atoms with Crippen LogP contribution in [0.5, 0.6) is 0 Å².